The lowest BCUT2D eigenvalue weighted by molar-refractivity contribution is 0.228. The predicted octanol–water partition coefficient (Wildman–Crippen LogP) is 2.60. The molecule has 0 bridgehead atoms. The molecule has 0 aliphatic heterocycles. The van der Waals surface area contributed by atoms with Crippen molar-refractivity contribution in [3.05, 3.63) is 0 Å². The summed E-state index contributed by atoms with van der Waals surface area (Å²) in [5.74, 6) is 4.11. The zero-order valence-corrected chi connectivity index (χ0v) is 10.8. The Balaban J connectivity index is 3.36. The van der Waals surface area contributed by atoms with Crippen LogP contribution in [0.1, 0.15) is 34.1 Å². The van der Waals surface area contributed by atoms with Crippen LogP contribution in [0.4, 0.5) is 0 Å². The fourth-order valence-electron chi connectivity index (χ4n) is 1.33. The third-order valence-corrected chi connectivity index (χ3v) is 1.88. The molecule has 0 aliphatic rings. The van der Waals surface area contributed by atoms with E-state index in [-0.39, 0.29) is 0 Å². The number of ether oxygens (including phenoxy) is 1. The molecule has 0 N–H and O–H groups in total. The molecule has 0 aromatic carbocycles. The van der Waals surface area contributed by atoms with Crippen molar-refractivity contribution in [2.45, 2.75) is 34.1 Å². The molecule has 0 aliphatic carbocycles. The summed E-state index contributed by atoms with van der Waals surface area (Å²) < 4.78 is 5.21. The van der Waals surface area contributed by atoms with E-state index in [0.717, 1.165) is 32.0 Å². The third kappa shape index (κ3) is 11.2. The van der Waals surface area contributed by atoms with E-state index in [1.165, 1.54) is 0 Å². The van der Waals surface area contributed by atoms with Crippen LogP contribution in [0.3, 0.4) is 0 Å². The molecule has 0 unspecified atom stereocenters. The Morgan fingerprint density at radius 2 is 1.87 bits per heavy atom. The second kappa shape index (κ2) is 8.61. The van der Waals surface area contributed by atoms with Crippen LogP contribution in [-0.4, -0.2) is 31.6 Å². The van der Waals surface area contributed by atoms with Gasteiger partial charge in [-0.15, -0.1) is 0 Å². The smallest absolute Gasteiger partial charge is 0.110 e. The molecule has 0 atom stereocenters. The van der Waals surface area contributed by atoms with E-state index >= 15 is 0 Å². The summed E-state index contributed by atoms with van der Waals surface area (Å²) >= 11 is 0. The standard InChI is InChI=1S/C13H25NO/c1-12(2)7-10-15-9-6-8-14(5)11-13(3)4/h12-13H,6,8-9,11H2,1-5H3. The molecule has 0 amide bonds. The first-order chi connectivity index (χ1) is 7.02. The lowest BCUT2D eigenvalue weighted by Crippen LogP contribution is -2.24. The molecule has 15 heavy (non-hydrogen) atoms. The summed E-state index contributed by atoms with van der Waals surface area (Å²) in [5, 5.41) is 0. The zero-order valence-electron chi connectivity index (χ0n) is 10.8. The highest BCUT2D eigenvalue weighted by molar-refractivity contribution is 4.94. The first-order valence-electron chi connectivity index (χ1n) is 5.83. The summed E-state index contributed by atoms with van der Waals surface area (Å²) in [6.07, 6.45) is 3.78. The number of hydrogen-bond donors (Lipinski definition) is 0. The van der Waals surface area contributed by atoms with E-state index in [9.17, 15) is 0 Å². The van der Waals surface area contributed by atoms with Crippen LogP contribution < -0.4 is 0 Å². The Bertz CT molecular complexity index is 200. The summed E-state index contributed by atoms with van der Waals surface area (Å²) in [6.45, 7) is 11.6. The largest absolute Gasteiger partial charge is 0.447 e. The van der Waals surface area contributed by atoms with Crippen molar-refractivity contribution in [1.82, 2.24) is 4.90 Å². The Morgan fingerprint density at radius 3 is 2.40 bits per heavy atom. The first kappa shape index (κ1) is 14.3. The minimum absolute atomic E-state index is 0.397. The van der Waals surface area contributed by atoms with E-state index in [1.807, 2.05) is 0 Å². The number of nitrogens with zero attached hydrogens (tertiary/aromatic N) is 1. The predicted molar refractivity (Wildman–Crippen MR) is 65.5 cm³/mol. The minimum Gasteiger partial charge on any atom is -0.447 e. The van der Waals surface area contributed by atoms with Gasteiger partial charge in [-0.2, -0.15) is 0 Å². The maximum Gasteiger partial charge on any atom is 0.110 e. The van der Waals surface area contributed by atoms with Crippen molar-refractivity contribution in [3.63, 3.8) is 0 Å². The van der Waals surface area contributed by atoms with Gasteiger partial charge < -0.3 is 9.64 Å². The van der Waals surface area contributed by atoms with Crippen LogP contribution in [-0.2, 0) is 4.74 Å². The lowest BCUT2D eigenvalue weighted by Gasteiger charge is -2.18. The topological polar surface area (TPSA) is 12.5 Å². The second-order valence-electron chi connectivity index (χ2n) is 4.76. The first-order valence-corrected chi connectivity index (χ1v) is 5.83. The van der Waals surface area contributed by atoms with Crippen molar-refractivity contribution in [2.24, 2.45) is 11.8 Å². The zero-order chi connectivity index (χ0) is 11.7. The molecule has 2 nitrogen and oxygen atoms in total. The van der Waals surface area contributed by atoms with Crippen LogP contribution in [0.25, 0.3) is 0 Å². The quantitative estimate of drug-likeness (QED) is 0.494. The molecular formula is C13H25NO. The van der Waals surface area contributed by atoms with Crippen molar-refractivity contribution in [1.29, 1.82) is 0 Å². The molecule has 2 heteroatoms. The van der Waals surface area contributed by atoms with Gasteiger partial charge in [0.15, 0.2) is 0 Å². The summed E-state index contributed by atoms with van der Waals surface area (Å²) in [7, 11) is 2.15. The highest BCUT2D eigenvalue weighted by atomic mass is 16.5. The minimum atomic E-state index is 0.397. The number of hydrogen-bond acceptors (Lipinski definition) is 2. The molecule has 0 rings (SSSR count). The number of rotatable bonds is 6. The maximum atomic E-state index is 5.21. The lowest BCUT2D eigenvalue weighted by atomic mass is 10.2. The normalized spacial score (nSPS) is 10.7. The van der Waals surface area contributed by atoms with Gasteiger partial charge in [0.2, 0.25) is 0 Å². The van der Waals surface area contributed by atoms with Gasteiger partial charge in [0.1, 0.15) is 12.7 Å². The summed E-state index contributed by atoms with van der Waals surface area (Å²) in [6, 6.07) is 0. The van der Waals surface area contributed by atoms with E-state index in [4.69, 9.17) is 4.74 Å². The van der Waals surface area contributed by atoms with E-state index < -0.39 is 0 Å². The summed E-state index contributed by atoms with van der Waals surface area (Å²) in [4.78, 5) is 2.34. The molecular weight excluding hydrogens is 186 g/mol. The Hall–Kier alpha value is -0.680. The van der Waals surface area contributed by atoms with Crippen molar-refractivity contribution >= 4 is 0 Å². The highest BCUT2D eigenvalue weighted by Crippen LogP contribution is 1.96. The Morgan fingerprint density at radius 1 is 1.20 bits per heavy atom. The van der Waals surface area contributed by atoms with Crippen LogP contribution in [0.15, 0.2) is 0 Å². The average Bonchev–Trinajstić information content (AvgIpc) is 2.09. The van der Waals surface area contributed by atoms with E-state index in [0.29, 0.717) is 5.92 Å². The Labute approximate surface area is 95.0 Å². The van der Waals surface area contributed by atoms with Gasteiger partial charge in [-0.3, -0.25) is 0 Å². The van der Waals surface area contributed by atoms with Crippen LogP contribution >= 0.6 is 0 Å². The maximum absolute atomic E-state index is 5.21. The third-order valence-electron chi connectivity index (χ3n) is 1.88. The fourth-order valence-corrected chi connectivity index (χ4v) is 1.33. The molecule has 0 aromatic rings. The van der Waals surface area contributed by atoms with E-state index in [2.05, 4.69) is 51.7 Å². The van der Waals surface area contributed by atoms with Crippen LogP contribution in [0, 0.1) is 23.9 Å². The molecule has 0 saturated carbocycles. The van der Waals surface area contributed by atoms with Gasteiger partial charge in [-0.05, 0) is 19.4 Å². The fraction of sp³-hybridized carbons (Fsp3) is 0.846. The summed E-state index contributed by atoms with van der Waals surface area (Å²) in [5.41, 5.74) is 0. The molecule has 88 valence electrons. The average molecular weight is 211 g/mol. The van der Waals surface area contributed by atoms with Crippen molar-refractivity contribution in [3.8, 4) is 12.0 Å². The van der Waals surface area contributed by atoms with Gasteiger partial charge in [0.05, 0.1) is 0 Å². The Kier molecular flexibility index (Phi) is 8.22. The molecule has 0 radical (unpaired) electrons. The van der Waals surface area contributed by atoms with Crippen molar-refractivity contribution in [2.75, 3.05) is 26.7 Å². The van der Waals surface area contributed by atoms with Gasteiger partial charge >= 0.3 is 0 Å². The van der Waals surface area contributed by atoms with Crippen LogP contribution in [0.5, 0.6) is 0 Å². The van der Waals surface area contributed by atoms with E-state index in [1.54, 1.807) is 0 Å². The molecule has 0 heterocycles. The van der Waals surface area contributed by atoms with Crippen molar-refractivity contribution < 1.29 is 4.74 Å². The molecule has 0 saturated heterocycles. The molecule has 0 aromatic heterocycles. The molecule has 0 fully saturated rings. The second-order valence-corrected chi connectivity index (χ2v) is 4.76. The van der Waals surface area contributed by atoms with Gasteiger partial charge in [-0.1, -0.05) is 33.6 Å². The van der Waals surface area contributed by atoms with Gasteiger partial charge in [0.25, 0.3) is 0 Å². The van der Waals surface area contributed by atoms with Gasteiger partial charge in [-0.25, -0.2) is 0 Å². The highest BCUT2D eigenvalue weighted by Gasteiger charge is 2.00. The van der Waals surface area contributed by atoms with Crippen LogP contribution in [0.2, 0.25) is 0 Å². The monoisotopic (exact) mass is 211 g/mol. The molecule has 0 spiro atoms. The van der Waals surface area contributed by atoms with Gasteiger partial charge in [0, 0.05) is 19.0 Å². The SMILES string of the molecule is CC(C)C#COCCCN(C)CC(C)C.